The van der Waals surface area contributed by atoms with Gasteiger partial charge in [-0.15, -0.1) is 0 Å². The summed E-state index contributed by atoms with van der Waals surface area (Å²) in [6.07, 6.45) is 6.96. The van der Waals surface area contributed by atoms with Crippen LogP contribution in [0.15, 0.2) is 0 Å². The van der Waals surface area contributed by atoms with Crippen LogP contribution >= 0.6 is 0 Å². The molecule has 0 radical (unpaired) electrons. The molecule has 1 atom stereocenters. The summed E-state index contributed by atoms with van der Waals surface area (Å²) >= 11 is 0. The molecule has 1 aliphatic carbocycles. The second-order valence-corrected chi connectivity index (χ2v) is 6.38. The van der Waals surface area contributed by atoms with Crippen molar-refractivity contribution in [2.75, 3.05) is 19.7 Å². The lowest BCUT2D eigenvalue weighted by Crippen LogP contribution is -2.54. The molecule has 120 valence electrons. The highest BCUT2D eigenvalue weighted by Gasteiger charge is 2.32. The first-order valence-corrected chi connectivity index (χ1v) is 8.35. The average molecular weight is 296 g/mol. The highest BCUT2D eigenvalue weighted by atomic mass is 16.3. The molecule has 2 aliphatic rings. The molecule has 0 aromatic carbocycles. The van der Waals surface area contributed by atoms with Crippen LogP contribution in [0.1, 0.15) is 51.9 Å². The molecule has 0 unspecified atom stereocenters. The number of nitrogens with one attached hydrogen (secondary N) is 1. The Morgan fingerprint density at radius 2 is 2.00 bits per heavy atom. The fourth-order valence-corrected chi connectivity index (χ4v) is 3.54. The van der Waals surface area contributed by atoms with Crippen LogP contribution in [0.5, 0.6) is 0 Å². The van der Waals surface area contributed by atoms with Crippen LogP contribution in [0.25, 0.3) is 0 Å². The number of hydrogen-bond donors (Lipinski definition) is 2. The summed E-state index contributed by atoms with van der Waals surface area (Å²) in [6.45, 7) is 3.25. The zero-order valence-electron chi connectivity index (χ0n) is 13.0. The first kappa shape index (κ1) is 16.3. The van der Waals surface area contributed by atoms with Gasteiger partial charge in [0, 0.05) is 19.0 Å². The summed E-state index contributed by atoms with van der Waals surface area (Å²) in [5.41, 5.74) is 0. The van der Waals surface area contributed by atoms with Crippen LogP contribution in [0.3, 0.4) is 0 Å². The largest absolute Gasteiger partial charge is 0.395 e. The number of rotatable bonds is 5. The molecular formula is C16H28N2O3. The number of hydrogen-bond acceptors (Lipinski definition) is 3. The molecule has 1 saturated carbocycles. The first-order chi connectivity index (χ1) is 10.2. The Morgan fingerprint density at radius 3 is 2.62 bits per heavy atom. The second-order valence-electron chi connectivity index (χ2n) is 6.38. The van der Waals surface area contributed by atoms with Crippen molar-refractivity contribution in [3.8, 4) is 0 Å². The minimum absolute atomic E-state index is 0.0204. The highest BCUT2D eigenvalue weighted by molar-refractivity contribution is 5.89. The van der Waals surface area contributed by atoms with Gasteiger partial charge in [0.1, 0.15) is 6.04 Å². The van der Waals surface area contributed by atoms with E-state index in [0.29, 0.717) is 13.1 Å². The highest BCUT2D eigenvalue weighted by Crippen LogP contribution is 2.30. The van der Waals surface area contributed by atoms with Gasteiger partial charge in [-0.05, 0) is 44.4 Å². The van der Waals surface area contributed by atoms with Crippen molar-refractivity contribution >= 4 is 11.8 Å². The third-order valence-electron chi connectivity index (χ3n) is 5.01. The molecule has 5 nitrogen and oxygen atoms in total. The molecule has 5 heteroatoms. The number of carbonyl (C=O) groups is 2. The standard InChI is InChI=1S/C16H28N2O3/c1-2-12-5-7-13(8-6-12)15(20)17-14-4-3-9-18(10-11-19)16(14)21/h12-14,19H,2-11H2,1H3,(H,17,20)/t12?,13?,14-/m0/s1. The molecular weight excluding hydrogens is 268 g/mol. The quantitative estimate of drug-likeness (QED) is 0.803. The van der Waals surface area contributed by atoms with Crippen molar-refractivity contribution < 1.29 is 14.7 Å². The van der Waals surface area contributed by atoms with Gasteiger partial charge in [0.05, 0.1) is 6.61 Å². The minimum Gasteiger partial charge on any atom is -0.395 e. The van der Waals surface area contributed by atoms with Gasteiger partial charge in [0.25, 0.3) is 0 Å². The van der Waals surface area contributed by atoms with E-state index >= 15 is 0 Å². The van der Waals surface area contributed by atoms with Gasteiger partial charge in [-0.1, -0.05) is 13.3 Å². The maximum absolute atomic E-state index is 12.3. The summed E-state index contributed by atoms with van der Waals surface area (Å²) in [6, 6.07) is -0.387. The van der Waals surface area contributed by atoms with E-state index in [1.807, 2.05) is 0 Å². The van der Waals surface area contributed by atoms with Crippen molar-refractivity contribution in [2.24, 2.45) is 11.8 Å². The molecule has 0 spiro atoms. The van der Waals surface area contributed by atoms with Gasteiger partial charge in [-0.25, -0.2) is 0 Å². The Balaban J connectivity index is 1.83. The Labute approximate surface area is 127 Å². The summed E-state index contributed by atoms with van der Waals surface area (Å²) < 4.78 is 0. The van der Waals surface area contributed by atoms with E-state index in [1.165, 1.54) is 6.42 Å². The van der Waals surface area contributed by atoms with Gasteiger partial charge in [-0.3, -0.25) is 9.59 Å². The van der Waals surface area contributed by atoms with Crippen LogP contribution < -0.4 is 5.32 Å². The average Bonchev–Trinajstić information content (AvgIpc) is 2.51. The molecule has 2 amide bonds. The summed E-state index contributed by atoms with van der Waals surface area (Å²) in [5, 5.41) is 11.9. The lowest BCUT2D eigenvalue weighted by atomic mass is 9.80. The van der Waals surface area contributed by atoms with Crippen molar-refractivity contribution in [1.82, 2.24) is 10.2 Å². The van der Waals surface area contributed by atoms with Crippen LogP contribution in [0, 0.1) is 11.8 Å². The molecule has 2 fully saturated rings. The van der Waals surface area contributed by atoms with Crippen LogP contribution in [-0.2, 0) is 9.59 Å². The fraction of sp³-hybridized carbons (Fsp3) is 0.875. The third-order valence-corrected chi connectivity index (χ3v) is 5.01. The number of likely N-dealkylation sites (tertiary alicyclic amines) is 1. The molecule has 2 N–H and O–H groups in total. The zero-order chi connectivity index (χ0) is 15.2. The Kier molecular flexibility index (Phi) is 6.03. The lowest BCUT2D eigenvalue weighted by Gasteiger charge is -2.34. The van der Waals surface area contributed by atoms with E-state index in [-0.39, 0.29) is 30.4 Å². The Morgan fingerprint density at radius 1 is 1.29 bits per heavy atom. The third kappa shape index (κ3) is 4.19. The van der Waals surface area contributed by atoms with E-state index in [2.05, 4.69) is 12.2 Å². The molecule has 21 heavy (non-hydrogen) atoms. The molecule has 0 bridgehead atoms. The van der Waals surface area contributed by atoms with Crippen molar-refractivity contribution in [3.63, 3.8) is 0 Å². The number of β-amino-alcohol motifs (C(OH)–C–C–N with tert-alkyl or cyclic N) is 1. The van der Waals surface area contributed by atoms with E-state index in [0.717, 1.165) is 44.4 Å². The molecule has 0 aromatic rings. The summed E-state index contributed by atoms with van der Waals surface area (Å²) in [4.78, 5) is 26.2. The normalized spacial score (nSPS) is 30.3. The minimum atomic E-state index is -0.387. The molecule has 1 saturated heterocycles. The van der Waals surface area contributed by atoms with Crippen molar-refractivity contribution in [3.05, 3.63) is 0 Å². The smallest absolute Gasteiger partial charge is 0.245 e. The number of amides is 2. The summed E-state index contributed by atoms with van der Waals surface area (Å²) in [7, 11) is 0. The predicted molar refractivity (Wildman–Crippen MR) is 80.6 cm³/mol. The fourth-order valence-electron chi connectivity index (χ4n) is 3.54. The van der Waals surface area contributed by atoms with E-state index in [9.17, 15) is 9.59 Å². The SMILES string of the molecule is CCC1CCC(C(=O)N[C@H]2CCCN(CCO)C2=O)CC1. The first-order valence-electron chi connectivity index (χ1n) is 8.35. The molecule has 0 aromatic heterocycles. The monoisotopic (exact) mass is 296 g/mol. The topological polar surface area (TPSA) is 69.6 Å². The second kappa shape index (κ2) is 7.78. The number of aliphatic hydroxyl groups excluding tert-OH is 1. The van der Waals surface area contributed by atoms with E-state index in [1.54, 1.807) is 4.90 Å². The van der Waals surface area contributed by atoms with Crippen LogP contribution in [-0.4, -0.2) is 47.6 Å². The van der Waals surface area contributed by atoms with Crippen molar-refractivity contribution in [1.29, 1.82) is 0 Å². The van der Waals surface area contributed by atoms with Gasteiger partial charge >= 0.3 is 0 Å². The predicted octanol–water partition coefficient (Wildman–Crippen LogP) is 1.30. The van der Waals surface area contributed by atoms with Crippen LogP contribution in [0.4, 0.5) is 0 Å². The van der Waals surface area contributed by atoms with Crippen molar-refractivity contribution in [2.45, 2.75) is 57.9 Å². The zero-order valence-corrected chi connectivity index (χ0v) is 13.0. The number of nitrogens with zero attached hydrogens (tertiary/aromatic N) is 1. The number of aliphatic hydroxyl groups is 1. The van der Waals surface area contributed by atoms with E-state index in [4.69, 9.17) is 5.11 Å². The van der Waals surface area contributed by atoms with Gasteiger partial charge < -0.3 is 15.3 Å². The maximum Gasteiger partial charge on any atom is 0.245 e. The van der Waals surface area contributed by atoms with Gasteiger partial charge in [0.15, 0.2) is 0 Å². The Hall–Kier alpha value is -1.10. The molecule has 1 heterocycles. The Bertz CT molecular complexity index is 363. The lowest BCUT2D eigenvalue weighted by molar-refractivity contribution is -0.140. The summed E-state index contributed by atoms with van der Waals surface area (Å²) in [5.74, 6) is 0.860. The molecule has 1 aliphatic heterocycles. The molecule has 2 rings (SSSR count). The van der Waals surface area contributed by atoms with Crippen LogP contribution in [0.2, 0.25) is 0 Å². The number of carbonyl (C=O) groups excluding carboxylic acids is 2. The van der Waals surface area contributed by atoms with Gasteiger partial charge in [-0.2, -0.15) is 0 Å². The number of piperidine rings is 1. The maximum atomic E-state index is 12.3. The van der Waals surface area contributed by atoms with Gasteiger partial charge in [0.2, 0.25) is 11.8 Å². The van der Waals surface area contributed by atoms with E-state index < -0.39 is 0 Å².